The fraction of sp³-hybridized carbons (Fsp3) is 0.551. The van der Waals surface area contributed by atoms with Gasteiger partial charge in [-0.15, -0.1) is 0 Å². The molecule has 15 atom stereocenters. The van der Waals surface area contributed by atoms with E-state index in [0.717, 1.165) is 5.57 Å². The number of hydrogen-bond donors (Lipinski definition) is 4. The first kappa shape index (κ1) is 52.3. The second kappa shape index (κ2) is 27.2. The normalized spacial score (nSPS) is 37.7. The number of ether oxygens (including phenoxy) is 6. The second-order valence-corrected chi connectivity index (χ2v) is 16.2. The van der Waals surface area contributed by atoms with Crippen molar-refractivity contribution in [1.82, 2.24) is 4.98 Å². The molecule has 344 valence electrons. The molecular formula is C49H71NO12. The van der Waals surface area contributed by atoms with Gasteiger partial charge in [0.15, 0.2) is 12.2 Å². The van der Waals surface area contributed by atoms with Crippen molar-refractivity contribution in [3.8, 4) is 0 Å². The third kappa shape index (κ3) is 16.9. The Balaban J connectivity index is 1.96. The Labute approximate surface area is 368 Å². The molecule has 1 aromatic heterocycles. The Morgan fingerprint density at radius 2 is 1.42 bits per heavy atom. The average molecular weight is 866 g/mol. The topological polar surface area (TPSA) is 179 Å². The Kier molecular flexibility index (Phi) is 23.0. The highest BCUT2D eigenvalue weighted by Gasteiger charge is 2.46. The van der Waals surface area contributed by atoms with Crippen molar-refractivity contribution in [1.29, 1.82) is 0 Å². The van der Waals surface area contributed by atoms with E-state index in [4.69, 9.17) is 32.8 Å². The van der Waals surface area contributed by atoms with Gasteiger partial charge >= 0.3 is 5.97 Å². The molecule has 2 bridgehead atoms. The standard InChI is InChI=1S/C49H71NO12/c1-31-21-15-11-14-18-26-43(54)62-45(35(5)40(53)28-34(4)51)32(2)22-16-12-13-17-24-39(52)29-42(56-8)36(6)48-50-38(30-59-48)23-19-20-25-41(33(3)27-31)61-49-47(58-10)46(57-9)44(55)37(7)60-49/h11-27,30,32-37,39-42,44-47,49,51-53,55H,28-29H2,1-10H3/b13-12+,14-11+,21-15-,22-16-,23-19+,24-17+,25-20-,26-18-,31-27+/t32-,33-,34+,35-,36+,37?,39-,40-,41-,42+,44?,45-,46?,47?,49?/m0/s1. The number of rotatable bonds is 9. The van der Waals surface area contributed by atoms with E-state index in [0.29, 0.717) is 18.0 Å². The van der Waals surface area contributed by atoms with E-state index >= 15 is 0 Å². The lowest BCUT2D eigenvalue weighted by molar-refractivity contribution is -0.310. The molecule has 2 aliphatic rings. The maximum atomic E-state index is 13.0. The lowest BCUT2D eigenvalue weighted by atomic mass is 9.86. The average Bonchev–Trinajstić information content (AvgIpc) is 3.71. The summed E-state index contributed by atoms with van der Waals surface area (Å²) in [7, 11) is 4.63. The van der Waals surface area contributed by atoms with Gasteiger partial charge in [-0.25, -0.2) is 9.78 Å². The van der Waals surface area contributed by atoms with Gasteiger partial charge in [0.2, 0.25) is 0 Å². The van der Waals surface area contributed by atoms with Crippen molar-refractivity contribution in [3.05, 3.63) is 121 Å². The number of cyclic esters (lactones) is 1. The van der Waals surface area contributed by atoms with Crippen molar-refractivity contribution in [3.63, 3.8) is 0 Å². The summed E-state index contributed by atoms with van der Waals surface area (Å²) in [5, 5.41) is 42.3. The van der Waals surface area contributed by atoms with E-state index < -0.39 is 73.1 Å². The van der Waals surface area contributed by atoms with Crippen LogP contribution in [0.1, 0.15) is 78.8 Å². The third-order valence-electron chi connectivity index (χ3n) is 11.1. The van der Waals surface area contributed by atoms with Gasteiger partial charge in [0.05, 0.1) is 42.5 Å². The largest absolute Gasteiger partial charge is 0.458 e. The minimum Gasteiger partial charge on any atom is -0.458 e. The summed E-state index contributed by atoms with van der Waals surface area (Å²) in [6, 6.07) is 0. The molecule has 0 radical (unpaired) electrons. The van der Waals surface area contributed by atoms with E-state index in [1.807, 2.05) is 76.3 Å². The van der Waals surface area contributed by atoms with Crippen LogP contribution in [0.5, 0.6) is 0 Å². The number of oxazole rings is 1. The SMILES string of the molecule is COC1C(O[C@H]2/C=C\C=C\c3coc(n3)[C@H](C)[C@H](OC)C[C@@H](O)/C=C/C=C/C=C\[C@H](C)[C@@H]([C@@H](C)[C@@H](O)C[C@@H](C)O)OC(=O)\C=C/C=C/C=C\C(C)=C\[C@@H]2C)OC(C)C(O)C1OC. The van der Waals surface area contributed by atoms with Crippen LogP contribution in [0.4, 0.5) is 0 Å². The Morgan fingerprint density at radius 1 is 0.790 bits per heavy atom. The Hall–Kier alpha value is -4.02. The molecule has 4 N–H and O–H groups in total. The molecule has 13 heteroatoms. The lowest BCUT2D eigenvalue weighted by Gasteiger charge is -2.43. The number of aromatic nitrogens is 1. The van der Waals surface area contributed by atoms with E-state index in [1.54, 1.807) is 76.7 Å². The summed E-state index contributed by atoms with van der Waals surface area (Å²) in [5.41, 5.74) is 1.56. The molecule has 1 aromatic rings. The van der Waals surface area contributed by atoms with Crippen molar-refractivity contribution in [2.75, 3.05) is 21.3 Å². The van der Waals surface area contributed by atoms with Crippen LogP contribution in [0.2, 0.25) is 0 Å². The number of nitrogens with zero attached hydrogens (tertiary/aromatic N) is 1. The van der Waals surface area contributed by atoms with Crippen molar-refractivity contribution >= 4 is 12.0 Å². The number of carbonyl (C=O) groups excluding carboxylic acids is 1. The first-order chi connectivity index (χ1) is 29.6. The first-order valence-corrected chi connectivity index (χ1v) is 21.4. The van der Waals surface area contributed by atoms with Crippen LogP contribution in [-0.4, -0.2) is 120 Å². The molecule has 5 unspecified atom stereocenters. The zero-order valence-electron chi connectivity index (χ0n) is 38.0. The van der Waals surface area contributed by atoms with Crippen molar-refractivity contribution in [2.45, 2.75) is 135 Å². The molecule has 1 saturated heterocycles. The molecule has 0 aromatic carbocycles. The van der Waals surface area contributed by atoms with E-state index in [1.165, 1.54) is 20.3 Å². The van der Waals surface area contributed by atoms with Crippen LogP contribution < -0.4 is 0 Å². The van der Waals surface area contributed by atoms with Crippen LogP contribution in [0.25, 0.3) is 6.08 Å². The Morgan fingerprint density at radius 3 is 2.08 bits per heavy atom. The maximum absolute atomic E-state index is 13.0. The molecule has 1 fully saturated rings. The fourth-order valence-corrected chi connectivity index (χ4v) is 7.36. The molecule has 62 heavy (non-hydrogen) atoms. The second-order valence-electron chi connectivity index (χ2n) is 16.2. The summed E-state index contributed by atoms with van der Waals surface area (Å²) in [6.07, 6.45) is 24.8. The number of aliphatic hydroxyl groups excluding tert-OH is 4. The number of hydrogen-bond acceptors (Lipinski definition) is 13. The molecule has 0 spiro atoms. The molecule has 13 nitrogen and oxygen atoms in total. The Bertz CT molecular complexity index is 1750. The highest BCUT2D eigenvalue weighted by atomic mass is 16.7. The van der Waals surface area contributed by atoms with Gasteiger partial charge in [-0.1, -0.05) is 124 Å². The number of allylic oxidation sites excluding steroid dienone is 12. The summed E-state index contributed by atoms with van der Waals surface area (Å²) in [5.74, 6) is -1.26. The number of methoxy groups -OCH3 is 3. The van der Waals surface area contributed by atoms with Crippen LogP contribution in [0.3, 0.4) is 0 Å². The van der Waals surface area contributed by atoms with Gasteiger partial charge in [-0.2, -0.15) is 0 Å². The van der Waals surface area contributed by atoms with Crippen LogP contribution in [0.15, 0.2) is 113 Å². The maximum Gasteiger partial charge on any atom is 0.331 e. The first-order valence-electron chi connectivity index (χ1n) is 21.4. The smallest absolute Gasteiger partial charge is 0.331 e. The summed E-state index contributed by atoms with van der Waals surface area (Å²) < 4.78 is 41.4. The highest BCUT2D eigenvalue weighted by Crippen LogP contribution is 2.30. The molecule has 3 rings (SSSR count). The molecule has 0 amide bonds. The molecule has 2 aliphatic heterocycles. The third-order valence-corrected chi connectivity index (χ3v) is 11.1. The van der Waals surface area contributed by atoms with E-state index in [9.17, 15) is 25.2 Å². The van der Waals surface area contributed by atoms with Crippen molar-refractivity contribution < 1.29 is 58.1 Å². The monoisotopic (exact) mass is 865 g/mol. The van der Waals surface area contributed by atoms with Gasteiger partial charge < -0.3 is 53.3 Å². The van der Waals surface area contributed by atoms with Gasteiger partial charge in [0.25, 0.3) is 0 Å². The van der Waals surface area contributed by atoms with Gasteiger partial charge in [-0.05, 0) is 33.3 Å². The number of aliphatic hydroxyl groups is 4. The zero-order valence-corrected chi connectivity index (χ0v) is 38.0. The van der Waals surface area contributed by atoms with Gasteiger partial charge in [0, 0.05) is 51.6 Å². The number of carbonyl (C=O) groups is 1. The molecule has 0 saturated carbocycles. The quantitative estimate of drug-likeness (QED) is 0.189. The van der Waals surface area contributed by atoms with Crippen LogP contribution in [0, 0.1) is 17.8 Å². The van der Waals surface area contributed by atoms with Crippen LogP contribution in [-0.2, 0) is 33.2 Å². The zero-order chi connectivity index (χ0) is 45.8. The van der Waals surface area contributed by atoms with E-state index in [-0.39, 0.29) is 30.3 Å². The summed E-state index contributed by atoms with van der Waals surface area (Å²) in [4.78, 5) is 17.7. The van der Waals surface area contributed by atoms with Crippen molar-refractivity contribution in [2.24, 2.45) is 17.8 Å². The minimum atomic E-state index is -0.903. The fourth-order valence-electron chi connectivity index (χ4n) is 7.36. The predicted molar refractivity (Wildman–Crippen MR) is 240 cm³/mol. The molecule has 3 heterocycles. The molecule has 0 aliphatic carbocycles. The summed E-state index contributed by atoms with van der Waals surface area (Å²) in [6.45, 7) is 13.0. The van der Waals surface area contributed by atoms with E-state index in [2.05, 4.69) is 11.1 Å². The predicted octanol–water partition coefficient (Wildman–Crippen LogP) is 6.88. The summed E-state index contributed by atoms with van der Waals surface area (Å²) >= 11 is 0. The number of esters is 1. The van der Waals surface area contributed by atoms with Gasteiger partial charge in [-0.3, -0.25) is 0 Å². The lowest BCUT2D eigenvalue weighted by Crippen LogP contribution is -2.59. The van der Waals surface area contributed by atoms with Crippen LogP contribution >= 0.6 is 0 Å². The number of fused-ring (bicyclic) bond motifs is 2. The van der Waals surface area contributed by atoms with Gasteiger partial charge in [0.1, 0.15) is 36.4 Å². The highest BCUT2D eigenvalue weighted by molar-refractivity contribution is 5.82. The molecular weight excluding hydrogens is 795 g/mol. The minimum absolute atomic E-state index is 0.141.